The van der Waals surface area contributed by atoms with Crippen LogP contribution < -0.4 is 9.46 Å². The van der Waals surface area contributed by atoms with Crippen LogP contribution in [0, 0.1) is 6.92 Å². The van der Waals surface area contributed by atoms with Crippen LogP contribution in [-0.2, 0) is 16.2 Å². The second-order valence-corrected chi connectivity index (χ2v) is 7.81. The molecule has 0 saturated carbocycles. The highest BCUT2D eigenvalue weighted by Gasteiger charge is 2.35. The first kappa shape index (κ1) is 17.6. The molecule has 0 saturated heterocycles. The summed E-state index contributed by atoms with van der Waals surface area (Å²) >= 11 is 0.982. The van der Waals surface area contributed by atoms with E-state index in [1.807, 2.05) is 4.72 Å². The smallest absolute Gasteiger partial charge is 0.418 e. The molecule has 2 aromatic rings. The lowest BCUT2D eigenvalue weighted by atomic mass is 10.1. The zero-order chi connectivity index (χ0) is 17.3. The summed E-state index contributed by atoms with van der Waals surface area (Å²) in [5.74, 6) is 0.0229. The number of alkyl halides is 3. The zero-order valence-corrected chi connectivity index (χ0v) is 13.9. The maximum atomic E-state index is 13.2. The van der Waals surface area contributed by atoms with Crippen molar-refractivity contribution < 1.29 is 26.3 Å². The van der Waals surface area contributed by atoms with Gasteiger partial charge >= 0.3 is 6.18 Å². The molecular weight excluding hydrogens is 351 g/mol. The molecule has 0 atom stereocenters. The van der Waals surface area contributed by atoms with Crippen LogP contribution in [0.15, 0.2) is 34.5 Å². The summed E-state index contributed by atoms with van der Waals surface area (Å²) in [6.07, 6.45) is -4.71. The molecule has 1 aromatic heterocycles. The minimum absolute atomic E-state index is 0.0229. The van der Waals surface area contributed by atoms with E-state index in [1.54, 1.807) is 19.9 Å². The van der Waals surface area contributed by atoms with E-state index in [4.69, 9.17) is 4.74 Å². The Bertz CT molecular complexity index is 798. The maximum absolute atomic E-state index is 13.2. The van der Waals surface area contributed by atoms with E-state index in [-0.39, 0.29) is 16.6 Å². The molecule has 1 heterocycles. The lowest BCUT2D eigenvalue weighted by Crippen LogP contribution is -2.16. The Kier molecular flexibility index (Phi) is 4.90. The second-order valence-electron chi connectivity index (χ2n) is 4.61. The van der Waals surface area contributed by atoms with Gasteiger partial charge < -0.3 is 4.74 Å². The van der Waals surface area contributed by atoms with E-state index in [0.29, 0.717) is 0 Å². The molecule has 0 fully saturated rings. The number of halogens is 3. The summed E-state index contributed by atoms with van der Waals surface area (Å²) in [7, 11) is -4.07. The molecule has 2 rings (SSSR count). The van der Waals surface area contributed by atoms with E-state index in [9.17, 15) is 21.6 Å². The number of hydrogen-bond donors (Lipinski definition) is 1. The van der Waals surface area contributed by atoms with Crippen molar-refractivity contribution in [2.75, 3.05) is 11.3 Å². The van der Waals surface area contributed by atoms with Gasteiger partial charge in [0.25, 0.3) is 10.0 Å². The van der Waals surface area contributed by atoms with Crippen molar-refractivity contribution in [1.29, 1.82) is 0 Å². The lowest BCUT2D eigenvalue weighted by Gasteiger charge is -2.15. The first-order chi connectivity index (χ1) is 10.6. The van der Waals surface area contributed by atoms with Gasteiger partial charge in [-0.2, -0.15) is 13.2 Å². The van der Waals surface area contributed by atoms with Crippen molar-refractivity contribution in [1.82, 2.24) is 0 Å². The molecular formula is C14H14F3NO3S2. The van der Waals surface area contributed by atoms with E-state index in [1.165, 1.54) is 12.1 Å². The number of benzene rings is 1. The molecule has 0 amide bonds. The number of aryl methyl sites for hydroxylation is 1. The zero-order valence-electron chi connectivity index (χ0n) is 12.3. The van der Waals surface area contributed by atoms with Crippen molar-refractivity contribution in [3.05, 3.63) is 40.8 Å². The number of ether oxygens (including phenoxy) is 1. The second kappa shape index (κ2) is 6.40. The molecule has 1 aromatic carbocycles. The molecule has 0 unspecified atom stereocenters. The number of sulfonamides is 1. The molecule has 0 aliphatic carbocycles. The molecule has 4 nitrogen and oxygen atoms in total. The number of hydrogen-bond acceptors (Lipinski definition) is 4. The normalized spacial score (nSPS) is 12.2. The highest BCUT2D eigenvalue weighted by molar-refractivity contribution is 7.94. The number of nitrogens with one attached hydrogen (secondary N) is 1. The Labute approximate surface area is 136 Å². The highest BCUT2D eigenvalue weighted by Crippen LogP contribution is 2.38. The van der Waals surface area contributed by atoms with Crippen molar-refractivity contribution in [3.8, 4) is 5.75 Å². The predicted octanol–water partition coefficient (Wildman–Crippen LogP) is 4.27. The fourth-order valence-electron chi connectivity index (χ4n) is 1.85. The van der Waals surface area contributed by atoms with E-state index >= 15 is 0 Å². The summed E-state index contributed by atoms with van der Waals surface area (Å²) in [6.45, 7) is 3.56. The first-order valence-corrected chi connectivity index (χ1v) is 8.87. The topological polar surface area (TPSA) is 55.4 Å². The van der Waals surface area contributed by atoms with Crippen LogP contribution in [0.2, 0.25) is 0 Å². The third-order valence-corrected chi connectivity index (χ3v) is 5.69. The Morgan fingerprint density at radius 3 is 2.43 bits per heavy atom. The number of thiophene rings is 1. The largest absolute Gasteiger partial charge is 0.494 e. The Morgan fingerprint density at radius 1 is 1.22 bits per heavy atom. The summed E-state index contributed by atoms with van der Waals surface area (Å²) in [6, 6.07) is 6.05. The van der Waals surface area contributed by atoms with E-state index < -0.39 is 27.5 Å². The molecule has 126 valence electrons. The third-order valence-electron chi connectivity index (χ3n) is 2.83. The average molecular weight is 365 g/mol. The van der Waals surface area contributed by atoms with Crippen molar-refractivity contribution in [2.24, 2.45) is 0 Å². The van der Waals surface area contributed by atoms with Gasteiger partial charge in [-0.3, -0.25) is 4.72 Å². The van der Waals surface area contributed by atoms with Gasteiger partial charge in [0.1, 0.15) is 9.96 Å². The quantitative estimate of drug-likeness (QED) is 0.861. The van der Waals surface area contributed by atoms with Gasteiger partial charge in [0.2, 0.25) is 0 Å². The monoisotopic (exact) mass is 365 g/mol. The van der Waals surface area contributed by atoms with Crippen LogP contribution in [0.4, 0.5) is 18.9 Å². The molecule has 0 spiro atoms. The summed E-state index contributed by atoms with van der Waals surface area (Å²) in [5, 5.41) is 0. The molecule has 9 heteroatoms. The van der Waals surface area contributed by atoms with Gasteiger partial charge in [-0.25, -0.2) is 8.42 Å². The minimum Gasteiger partial charge on any atom is -0.494 e. The molecule has 1 N–H and O–H groups in total. The van der Waals surface area contributed by atoms with Gasteiger partial charge in [-0.05, 0) is 44.2 Å². The van der Waals surface area contributed by atoms with Gasteiger partial charge in [0.15, 0.2) is 0 Å². The SMILES string of the molecule is CCOc1ccc(NS(=O)(=O)c2ccc(C)s2)c(C(F)(F)F)c1. The average Bonchev–Trinajstić information content (AvgIpc) is 2.87. The highest BCUT2D eigenvalue weighted by atomic mass is 32.2. The van der Waals surface area contributed by atoms with Gasteiger partial charge in [-0.15, -0.1) is 11.3 Å². The summed E-state index contributed by atoms with van der Waals surface area (Å²) in [4.78, 5) is 0.744. The molecule has 0 aliphatic rings. The molecule has 23 heavy (non-hydrogen) atoms. The number of anilines is 1. The third kappa shape index (κ3) is 4.17. The standard InChI is InChI=1S/C14H14F3NO3S2/c1-3-21-10-5-6-12(11(8-10)14(15,16)17)18-23(19,20)13-7-4-9(2)22-13/h4-8,18H,3H2,1-2H3. The number of rotatable bonds is 5. The van der Waals surface area contributed by atoms with Crippen LogP contribution in [0.1, 0.15) is 17.4 Å². The van der Waals surface area contributed by atoms with Crippen LogP contribution in [0.3, 0.4) is 0 Å². The minimum atomic E-state index is -4.71. The van der Waals surface area contributed by atoms with Crippen LogP contribution >= 0.6 is 11.3 Å². The molecule has 0 radical (unpaired) electrons. The fourth-order valence-corrected chi connectivity index (χ4v) is 4.22. The first-order valence-electron chi connectivity index (χ1n) is 6.57. The van der Waals surface area contributed by atoms with E-state index in [2.05, 4.69) is 0 Å². The lowest BCUT2D eigenvalue weighted by molar-refractivity contribution is -0.137. The summed E-state index contributed by atoms with van der Waals surface area (Å²) in [5.41, 5.74) is -1.63. The van der Waals surface area contributed by atoms with Gasteiger partial charge in [0.05, 0.1) is 17.9 Å². The Morgan fingerprint density at radius 2 is 1.91 bits per heavy atom. The van der Waals surface area contributed by atoms with Crippen LogP contribution in [0.25, 0.3) is 0 Å². The van der Waals surface area contributed by atoms with Crippen LogP contribution in [0.5, 0.6) is 5.75 Å². The van der Waals surface area contributed by atoms with E-state index in [0.717, 1.165) is 28.3 Å². The van der Waals surface area contributed by atoms with Crippen molar-refractivity contribution >= 4 is 27.0 Å². The molecule has 0 aliphatic heterocycles. The summed E-state index contributed by atoms with van der Waals surface area (Å²) < 4.78 is 70.9. The Balaban J connectivity index is 2.43. The Hall–Kier alpha value is -1.74. The fraction of sp³-hybridized carbons (Fsp3) is 0.286. The van der Waals surface area contributed by atoms with Crippen molar-refractivity contribution in [3.63, 3.8) is 0 Å². The predicted molar refractivity (Wildman–Crippen MR) is 82.5 cm³/mol. The van der Waals surface area contributed by atoms with Gasteiger partial charge in [-0.1, -0.05) is 0 Å². The van der Waals surface area contributed by atoms with Gasteiger partial charge in [0, 0.05) is 4.88 Å². The van der Waals surface area contributed by atoms with Crippen molar-refractivity contribution in [2.45, 2.75) is 24.2 Å². The van der Waals surface area contributed by atoms with Crippen LogP contribution in [-0.4, -0.2) is 15.0 Å². The molecule has 0 bridgehead atoms. The maximum Gasteiger partial charge on any atom is 0.418 e.